The van der Waals surface area contributed by atoms with Gasteiger partial charge in [-0.05, 0) is 30.8 Å². The van der Waals surface area contributed by atoms with E-state index in [0.29, 0.717) is 0 Å². The van der Waals surface area contributed by atoms with Gasteiger partial charge >= 0.3 is 0 Å². The summed E-state index contributed by atoms with van der Waals surface area (Å²) in [5.74, 6) is 0. The van der Waals surface area contributed by atoms with Gasteiger partial charge in [-0.1, -0.05) is 29.8 Å². The number of benzene rings is 1. The third-order valence-corrected chi connectivity index (χ3v) is 2.60. The van der Waals surface area contributed by atoms with Crippen LogP contribution in [0, 0.1) is 0 Å². The Morgan fingerprint density at radius 1 is 1.12 bits per heavy atom. The van der Waals surface area contributed by atoms with Crippen LogP contribution in [0.3, 0.4) is 0 Å². The fraction of sp³-hybridized carbons (Fsp3) is 0.154. The molecule has 0 saturated heterocycles. The summed E-state index contributed by atoms with van der Waals surface area (Å²) in [6, 6.07) is 11.8. The molecular formula is C13H13ClN2. The Bertz CT molecular complexity index is 448. The minimum atomic E-state index is 0.746. The van der Waals surface area contributed by atoms with Crippen molar-refractivity contribution in [3.8, 4) is 11.3 Å². The van der Waals surface area contributed by atoms with E-state index in [9.17, 15) is 0 Å². The second kappa shape index (κ2) is 5.10. The van der Waals surface area contributed by atoms with Gasteiger partial charge in [0, 0.05) is 23.3 Å². The van der Waals surface area contributed by atoms with E-state index in [4.69, 9.17) is 11.6 Å². The largest absolute Gasteiger partial charge is 0.316 e. The van der Waals surface area contributed by atoms with Crippen molar-refractivity contribution in [3.63, 3.8) is 0 Å². The lowest BCUT2D eigenvalue weighted by atomic mass is 10.1. The number of pyridine rings is 1. The Morgan fingerprint density at radius 2 is 1.88 bits per heavy atom. The summed E-state index contributed by atoms with van der Waals surface area (Å²) in [7, 11) is 1.92. The number of halogens is 1. The highest BCUT2D eigenvalue weighted by molar-refractivity contribution is 6.30. The predicted octanol–water partition coefficient (Wildman–Crippen LogP) is 3.12. The summed E-state index contributed by atoms with van der Waals surface area (Å²) in [5.41, 5.74) is 3.23. The zero-order valence-corrected chi connectivity index (χ0v) is 9.83. The highest BCUT2D eigenvalue weighted by atomic mass is 35.5. The lowest BCUT2D eigenvalue weighted by molar-refractivity contribution is 0.813. The molecule has 0 bridgehead atoms. The molecule has 2 rings (SSSR count). The van der Waals surface area contributed by atoms with Crippen molar-refractivity contribution >= 4 is 11.6 Å². The molecule has 0 aliphatic heterocycles. The van der Waals surface area contributed by atoms with Crippen LogP contribution in [-0.2, 0) is 6.54 Å². The summed E-state index contributed by atoms with van der Waals surface area (Å²) >= 11 is 5.84. The van der Waals surface area contributed by atoms with Gasteiger partial charge in [-0.15, -0.1) is 0 Å². The Morgan fingerprint density at radius 3 is 2.44 bits per heavy atom. The number of hydrogen-bond acceptors (Lipinski definition) is 2. The maximum Gasteiger partial charge on any atom is 0.0702 e. The van der Waals surface area contributed by atoms with E-state index < -0.39 is 0 Å². The molecule has 1 N–H and O–H groups in total. The molecule has 2 nitrogen and oxygen atoms in total. The van der Waals surface area contributed by atoms with Crippen LogP contribution in [0.5, 0.6) is 0 Å². The van der Waals surface area contributed by atoms with E-state index in [2.05, 4.69) is 16.4 Å². The quantitative estimate of drug-likeness (QED) is 0.880. The molecule has 1 aromatic carbocycles. The number of nitrogens with zero attached hydrogens (tertiary/aromatic N) is 1. The molecule has 1 heterocycles. The predicted molar refractivity (Wildman–Crippen MR) is 67.4 cm³/mol. The SMILES string of the molecule is CNCc1ccc(-c2ccc(Cl)cc2)nc1. The average molecular weight is 233 g/mol. The molecule has 0 aliphatic carbocycles. The van der Waals surface area contributed by atoms with Crippen molar-refractivity contribution in [1.29, 1.82) is 0 Å². The van der Waals surface area contributed by atoms with Crippen molar-refractivity contribution in [2.24, 2.45) is 0 Å². The summed E-state index contributed by atoms with van der Waals surface area (Å²) in [6.07, 6.45) is 1.89. The van der Waals surface area contributed by atoms with Crippen LogP contribution >= 0.6 is 11.6 Å². The highest BCUT2D eigenvalue weighted by Crippen LogP contribution is 2.19. The first-order chi connectivity index (χ1) is 7.79. The lowest BCUT2D eigenvalue weighted by Gasteiger charge is -2.03. The van der Waals surface area contributed by atoms with Crippen LogP contribution < -0.4 is 5.32 Å². The fourth-order valence-electron chi connectivity index (χ4n) is 1.52. The van der Waals surface area contributed by atoms with Gasteiger partial charge in [-0.25, -0.2) is 0 Å². The normalized spacial score (nSPS) is 10.4. The van der Waals surface area contributed by atoms with Crippen molar-refractivity contribution in [2.45, 2.75) is 6.54 Å². The molecule has 0 amide bonds. The van der Waals surface area contributed by atoms with Gasteiger partial charge in [0.15, 0.2) is 0 Å². The molecule has 82 valence electrons. The van der Waals surface area contributed by atoms with E-state index >= 15 is 0 Å². The van der Waals surface area contributed by atoms with Gasteiger partial charge in [0.05, 0.1) is 5.69 Å². The van der Waals surface area contributed by atoms with Crippen molar-refractivity contribution < 1.29 is 0 Å². The standard InChI is InChI=1S/C13H13ClN2/c1-15-8-10-2-7-13(16-9-10)11-3-5-12(14)6-4-11/h2-7,9,15H,8H2,1H3. The third kappa shape index (κ3) is 2.60. The smallest absolute Gasteiger partial charge is 0.0702 e. The maximum atomic E-state index is 5.84. The summed E-state index contributed by atoms with van der Waals surface area (Å²) in [4.78, 5) is 4.41. The summed E-state index contributed by atoms with van der Waals surface area (Å²) < 4.78 is 0. The van der Waals surface area contributed by atoms with E-state index in [-0.39, 0.29) is 0 Å². The van der Waals surface area contributed by atoms with Crippen LogP contribution in [0.25, 0.3) is 11.3 Å². The second-order valence-corrected chi connectivity index (χ2v) is 4.03. The molecule has 0 unspecified atom stereocenters. The van der Waals surface area contributed by atoms with Crippen LogP contribution in [0.4, 0.5) is 0 Å². The number of aromatic nitrogens is 1. The second-order valence-electron chi connectivity index (χ2n) is 3.59. The average Bonchev–Trinajstić information content (AvgIpc) is 2.32. The highest BCUT2D eigenvalue weighted by Gasteiger charge is 1.99. The first-order valence-electron chi connectivity index (χ1n) is 5.15. The van der Waals surface area contributed by atoms with Gasteiger partial charge in [-0.3, -0.25) is 4.98 Å². The van der Waals surface area contributed by atoms with Gasteiger partial charge in [0.2, 0.25) is 0 Å². The fourth-order valence-corrected chi connectivity index (χ4v) is 1.65. The molecule has 1 aromatic heterocycles. The Labute approximate surface area is 100 Å². The minimum Gasteiger partial charge on any atom is -0.316 e. The summed E-state index contributed by atoms with van der Waals surface area (Å²) in [5, 5.41) is 3.84. The molecule has 2 aromatic rings. The molecule has 3 heteroatoms. The van der Waals surface area contributed by atoms with Crippen molar-refractivity contribution in [1.82, 2.24) is 10.3 Å². The molecule has 0 atom stereocenters. The molecule has 0 radical (unpaired) electrons. The van der Waals surface area contributed by atoms with E-state index in [0.717, 1.165) is 22.8 Å². The monoisotopic (exact) mass is 232 g/mol. The van der Waals surface area contributed by atoms with Crippen LogP contribution in [-0.4, -0.2) is 12.0 Å². The van der Waals surface area contributed by atoms with Crippen LogP contribution in [0.15, 0.2) is 42.6 Å². The van der Waals surface area contributed by atoms with Gasteiger partial charge in [0.1, 0.15) is 0 Å². The number of hydrogen-bond donors (Lipinski definition) is 1. The summed E-state index contributed by atoms with van der Waals surface area (Å²) in [6.45, 7) is 0.841. The van der Waals surface area contributed by atoms with Crippen LogP contribution in [0.1, 0.15) is 5.56 Å². The number of rotatable bonds is 3. The first-order valence-corrected chi connectivity index (χ1v) is 5.53. The Balaban J connectivity index is 2.24. The molecule has 0 spiro atoms. The van der Waals surface area contributed by atoms with E-state index in [1.165, 1.54) is 5.56 Å². The van der Waals surface area contributed by atoms with E-state index in [1.807, 2.05) is 43.6 Å². The Kier molecular flexibility index (Phi) is 3.54. The van der Waals surface area contributed by atoms with Crippen molar-refractivity contribution in [2.75, 3.05) is 7.05 Å². The molecule has 0 aliphatic rings. The van der Waals surface area contributed by atoms with Gasteiger partial charge in [-0.2, -0.15) is 0 Å². The molecule has 0 saturated carbocycles. The van der Waals surface area contributed by atoms with Crippen molar-refractivity contribution in [3.05, 3.63) is 53.2 Å². The topological polar surface area (TPSA) is 24.9 Å². The maximum absolute atomic E-state index is 5.84. The molecule has 0 fully saturated rings. The number of nitrogens with one attached hydrogen (secondary N) is 1. The van der Waals surface area contributed by atoms with Gasteiger partial charge in [0.25, 0.3) is 0 Å². The third-order valence-electron chi connectivity index (χ3n) is 2.35. The zero-order chi connectivity index (χ0) is 11.4. The van der Waals surface area contributed by atoms with Gasteiger partial charge < -0.3 is 5.32 Å². The zero-order valence-electron chi connectivity index (χ0n) is 9.07. The molecular weight excluding hydrogens is 220 g/mol. The lowest BCUT2D eigenvalue weighted by Crippen LogP contribution is -2.05. The van der Waals surface area contributed by atoms with E-state index in [1.54, 1.807) is 0 Å². The minimum absolute atomic E-state index is 0.746. The van der Waals surface area contributed by atoms with Crippen LogP contribution in [0.2, 0.25) is 5.02 Å². The molecule has 16 heavy (non-hydrogen) atoms. The Hall–Kier alpha value is -1.38. The first kappa shape index (κ1) is 11.1.